The van der Waals surface area contributed by atoms with Crippen LogP contribution in [0.1, 0.15) is 18.3 Å². The molecule has 0 aliphatic rings. The quantitative estimate of drug-likeness (QED) is 0.717. The zero-order valence-electron chi connectivity index (χ0n) is 8.31. The molecule has 0 radical (unpaired) electrons. The van der Waals surface area contributed by atoms with Crippen LogP contribution in [0, 0.1) is 6.92 Å². The smallest absolute Gasteiger partial charge is 0.156 e. The van der Waals surface area contributed by atoms with Crippen LogP contribution >= 0.6 is 0 Å². The van der Waals surface area contributed by atoms with E-state index in [2.05, 4.69) is 22.0 Å². The van der Waals surface area contributed by atoms with Crippen LogP contribution in [0.15, 0.2) is 24.7 Å². The van der Waals surface area contributed by atoms with Crippen LogP contribution in [0.25, 0.3) is 5.82 Å². The molecule has 0 spiro atoms. The molecule has 0 atom stereocenters. The Morgan fingerprint density at radius 3 is 2.86 bits per heavy atom. The summed E-state index contributed by atoms with van der Waals surface area (Å²) < 4.78 is 1.77. The van der Waals surface area contributed by atoms with E-state index >= 15 is 0 Å². The zero-order chi connectivity index (χ0) is 9.97. The highest BCUT2D eigenvalue weighted by Crippen LogP contribution is 2.05. The fraction of sp³-hybridized carbons (Fsp3) is 0.300. The molecule has 0 saturated heterocycles. The van der Waals surface area contributed by atoms with Crippen LogP contribution < -0.4 is 0 Å². The van der Waals surface area contributed by atoms with Crippen molar-refractivity contribution in [2.45, 2.75) is 20.3 Å². The van der Waals surface area contributed by atoms with Gasteiger partial charge in [0, 0.05) is 18.0 Å². The Hall–Kier alpha value is -1.71. The fourth-order valence-corrected chi connectivity index (χ4v) is 1.24. The van der Waals surface area contributed by atoms with Gasteiger partial charge >= 0.3 is 0 Å². The van der Waals surface area contributed by atoms with Gasteiger partial charge in [0.25, 0.3) is 0 Å². The van der Waals surface area contributed by atoms with E-state index in [0.717, 1.165) is 23.6 Å². The molecule has 0 aliphatic heterocycles. The Morgan fingerprint density at radius 1 is 1.36 bits per heavy atom. The van der Waals surface area contributed by atoms with Crippen molar-refractivity contribution in [3.63, 3.8) is 0 Å². The van der Waals surface area contributed by atoms with E-state index in [1.54, 1.807) is 11.0 Å². The van der Waals surface area contributed by atoms with Gasteiger partial charge in [-0.25, -0.2) is 14.6 Å². The van der Waals surface area contributed by atoms with E-state index in [0.29, 0.717) is 0 Å². The van der Waals surface area contributed by atoms with Gasteiger partial charge in [0.05, 0.1) is 5.69 Å². The molecule has 0 aliphatic carbocycles. The molecule has 72 valence electrons. The van der Waals surface area contributed by atoms with Gasteiger partial charge in [-0.05, 0) is 19.4 Å². The first-order chi connectivity index (χ1) is 6.79. The molecule has 0 saturated carbocycles. The summed E-state index contributed by atoms with van der Waals surface area (Å²) in [5, 5.41) is 4.37. The lowest BCUT2D eigenvalue weighted by atomic mass is 10.4. The minimum Gasteiger partial charge on any atom is -0.242 e. The molecule has 0 N–H and O–H groups in total. The maximum atomic E-state index is 4.37. The third-order valence-electron chi connectivity index (χ3n) is 2.03. The lowest BCUT2D eigenvalue weighted by Crippen LogP contribution is -2.00. The number of aromatic nitrogens is 4. The van der Waals surface area contributed by atoms with Gasteiger partial charge in [-0.3, -0.25) is 0 Å². The summed E-state index contributed by atoms with van der Waals surface area (Å²) in [6.45, 7) is 4.02. The summed E-state index contributed by atoms with van der Waals surface area (Å²) >= 11 is 0. The summed E-state index contributed by atoms with van der Waals surface area (Å²) in [5.41, 5.74) is 2.02. The van der Waals surface area contributed by atoms with Gasteiger partial charge in [-0.15, -0.1) is 0 Å². The molecule has 14 heavy (non-hydrogen) atoms. The monoisotopic (exact) mass is 188 g/mol. The van der Waals surface area contributed by atoms with Crippen molar-refractivity contribution < 1.29 is 0 Å². The van der Waals surface area contributed by atoms with E-state index in [4.69, 9.17) is 0 Å². The number of aryl methyl sites for hydroxylation is 2. The van der Waals surface area contributed by atoms with Crippen molar-refractivity contribution in [1.82, 2.24) is 19.7 Å². The molecule has 2 aromatic heterocycles. The highest BCUT2D eigenvalue weighted by Gasteiger charge is 2.00. The second-order valence-electron chi connectivity index (χ2n) is 3.12. The number of hydrogen-bond donors (Lipinski definition) is 0. The molecule has 0 aromatic carbocycles. The van der Waals surface area contributed by atoms with Crippen LogP contribution in [0.3, 0.4) is 0 Å². The zero-order valence-corrected chi connectivity index (χ0v) is 8.31. The second-order valence-corrected chi connectivity index (χ2v) is 3.12. The molecule has 0 unspecified atom stereocenters. The highest BCUT2D eigenvalue weighted by atomic mass is 15.3. The summed E-state index contributed by atoms with van der Waals surface area (Å²) in [6.07, 6.45) is 4.41. The van der Waals surface area contributed by atoms with Crippen molar-refractivity contribution in [2.75, 3.05) is 0 Å². The van der Waals surface area contributed by atoms with E-state index < -0.39 is 0 Å². The van der Waals surface area contributed by atoms with Gasteiger partial charge in [-0.2, -0.15) is 5.10 Å². The van der Waals surface area contributed by atoms with E-state index in [-0.39, 0.29) is 0 Å². The molecular formula is C10H12N4. The van der Waals surface area contributed by atoms with Gasteiger partial charge < -0.3 is 0 Å². The number of rotatable bonds is 2. The molecule has 0 fully saturated rings. The summed E-state index contributed by atoms with van der Waals surface area (Å²) in [7, 11) is 0. The summed E-state index contributed by atoms with van der Waals surface area (Å²) in [5.74, 6) is 0.817. The molecular weight excluding hydrogens is 176 g/mol. The van der Waals surface area contributed by atoms with Crippen molar-refractivity contribution in [3.8, 4) is 5.82 Å². The highest BCUT2D eigenvalue weighted by molar-refractivity contribution is 5.22. The number of nitrogens with zero attached hydrogens (tertiary/aromatic N) is 4. The molecule has 2 aromatic rings. The van der Waals surface area contributed by atoms with E-state index in [1.165, 1.54) is 0 Å². The van der Waals surface area contributed by atoms with Crippen LogP contribution in [-0.4, -0.2) is 19.7 Å². The van der Waals surface area contributed by atoms with E-state index in [9.17, 15) is 0 Å². The Kier molecular flexibility index (Phi) is 2.26. The maximum Gasteiger partial charge on any atom is 0.156 e. The Balaban J connectivity index is 2.39. The second kappa shape index (κ2) is 3.57. The minimum absolute atomic E-state index is 0.817. The lowest BCUT2D eigenvalue weighted by molar-refractivity contribution is 0.807. The predicted molar refractivity (Wildman–Crippen MR) is 53.3 cm³/mol. The van der Waals surface area contributed by atoms with Crippen molar-refractivity contribution in [3.05, 3.63) is 36.0 Å². The van der Waals surface area contributed by atoms with Crippen LogP contribution in [0.2, 0.25) is 0 Å². The van der Waals surface area contributed by atoms with Gasteiger partial charge in [0.2, 0.25) is 0 Å². The standard InChI is InChI=1S/C10H12N4/c1-3-9-4-5-14(13-9)10-6-8(2)11-7-12-10/h4-7H,3H2,1-2H3. The molecule has 4 nitrogen and oxygen atoms in total. The van der Waals surface area contributed by atoms with Crippen molar-refractivity contribution in [2.24, 2.45) is 0 Å². The third-order valence-corrected chi connectivity index (χ3v) is 2.03. The van der Waals surface area contributed by atoms with Crippen LogP contribution in [0.4, 0.5) is 0 Å². The first-order valence-corrected chi connectivity index (χ1v) is 4.63. The first kappa shape index (κ1) is 8.87. The van der Waals surface area contributed by atoms with Crippen molar-refractivity contribution >= 4 is 0 Å². The maximum absolute atomic E-state index is 4.37. The van der Waals surface area contributed by atoms with Crippen molar-refractivity contribution in [1.29, 1.82) is 0 Å². The Bertz CT molecular complexity index is 433. The van der Waals surface area contributed by atoms with E-state index in [1.807, 2.05) is 25.3 Å². The molecule has 2 heterocycles. The SMILES string of the molecule is CCc1ccn(-c2cc(C)ncn2)n1. The van der Waals surface area contributed by atoms with Gasteiger partial charge in [0.1, 0.15) is 6.33 Å². The summed E-state index contributed by atoms with van der Waals surface area (Å²) in [6, 6.07) is 3.91. The van der Waals surface area contributed by atoms with Gasteiger partial charge in [0.15, 0.2) is 5.82 Å². The van der Waals surface area contributed by atoms with Crippen LogP contribution in [-0.2, 0) is 6.42 Å². The largest absolute Gasteiger partial charge is 0.242 e. The third kappa shape index (κ3) is 1.64. The fourth-order valence-electron chi connectivity index (χ4n) is 1.24. The predicted octanol–water partition coefficient (Wildman–Crippen LogP) is 1.53. The average Bonchev–Trinajstić information content (AvgIpc) is 2.66. The molecule has 2 rings (SSSR count). The Morgan fingerprint density at radius 2 is 2.21 bits per heavy atom. The lowest BCUT2D eigenvalue weighted by Gasteiger charge is -1.99. The Labute approximate surface area is 82.6 Å². The van der Waals surface area contributed by atoms with Gasteiger partial charge in [-0.1, -0.05) is 6.92 Å². The molecule has 0 amide bonds. The normalized spacial score (nSPS) is 10.4. The average molecular weight is 188 g/mol. The molecule has 0 bridgehead atoms. The molecule has 4 heteroatoms. The topological polar surface area (TPSA) is 43.6 Å². The minimum atomic E-state index is 0.817. The summed E-state index contributed by atoms with van der Waals surface area (Å²) in [4.78, 5) is 8.19. The van der Waals surface area contributed by atoms with Crippen LogP contribution in [0.5, 0.6) is 0 Å². The first-order valence-electron chi connectivity index (χ1n) is 4.63. The number of hydrogen-bond acceptors (Lipinski definition) is 3.